The topological polar surface area (TPSA) is 84.9 Å². The van der Waals surface area contributed by atoms with Gasteiger partial charge in [0.15, 0.2) is 0 Å². The Bertz CT molecular complexity index is 481. The molecule has 1 rings (SSSR count). The Morgan fingerprint density at radius 2 is 2.00 bits per heavy atom. The molecule has 0 saturated carbocycles. The maximum Gasteiger partial charge on any atom is 0.408 e. The quantitative estimate of drug-likeness (QED) is 0.629. The predicted octanol–water partition coefficient (Wildman–Crippen LogP) is 1.62. The largest absolute Gasteiger partial charge is 0.467 e. The summed E-state index contributed by atoms with van der Waals surface area (Å²) in [6, 6.07) is -1.48. The molecule has 0 saturated heterocycles. The van der Waals surface area contributed by atoms with Crippen LogP contribution in [-0.2, 0) is 19.1 Å². The van der Waals surface area contributed by atoms with Crippen LogP contribution in [0.5, 0.6) is 0 Å². The summed E-state index contributed by atoms with van der Waals surface area (Å²) < 4.78 is 9.89. The SMILES string of the molecule is COC(=O)[C@H](C)N1CC/C=C\C[C@H](NC(=O)OC(C)(C)C)C1=O. The van der Waals surface area contributed by atoms with E-state index in [1.807, 2.05) is 12.2 Å². The summed E-state index contributed by atoms with van der Waals surface area (Å²) in [5.41, 5.74) is -0.649. The monoisotopic (exact) mass is 326 g/mol. The van der Waals surface area contributed by atoms with Gasteiger partial charge >= 0.3 is 12.1 Å². The van der Waals surface area contributed by atoms with E-state index in [-0.39, 0.29) is 5.91 Å². The molecular formula is C16H26N2O5. The average Bonchev–Trinajstić information content (AvgIpc) is 2.43. The Balaban J connectivity index is 2.86. The van der Waals surface area contributed by atoms with Crippen molar-refractivity contribution in [2.45, 2.75) is 58.2 Å². The van der Waals surface area contributed by atoms with Gasteiger partial charge in [0.1, 0.15) is 17.7 Å². The van der Waals surface area contributed by atoms with Crippen molar-refractivity contribution in [3.05, 3.63) is 12.2 Å². The molecule has 0 spiro atoms. The lowest BCUT2D eigenvalue weighted by atomic mass is 10.1. The maximum absolute atomic E-state index is 12.7. The van der Waals surface area contributed by atoms with Gasteiger partial charge in [-0.15, -0.1) is 0 Å². The molecule has 130 valence electrons. The van der Waals surface area contributed by atoms with Gasteiger partial charge < -0.3 is 19.7 Å². The second-order valence-electron chi connectivity index (χ2n) is 6.43. The molecule has 0 unspecified atom stereocenters. The van der Waals surface area contributed by atoms with Crippen LogP contribution < -0.4 is 5.32 Å². The molecule has 1 aliphatic rings. The number of hydrogen-bond acceptors (Lipinski definition) is 5. The van der Waals surface area contributed by atoms with E-state index in [1.165, 1.54) is 12.0 Å². The minimum absolute atomic E-state index is 0.321. The van der Waals surface area contributed by atoms with Gasteiger partial charge in [0, 0.05) is 6.54 Å². The lowest BCUT2D eigenvalue weighted by molar-refractivity contribution is -0.152. The maximum atomic E-state index is 12.7. The average molecular weight is 326 g/mol. The summed E-state index contributed by atoms with van der Waals surface area (Å²) in [6.45, 7) is 7.24. The number of amides is 2. The van der Waals surface area contributed by atoms with Gasteiger partial charge in [-0.2, -0.15) is 0 Å². The second-order valence-corrected chi connectivity index (χ2v) is 6.43. The first-order chi connectivity index (χ1) is 10.7. The molecular weight excluding hydrogens is 300 g/mol. The summed E-state index contributed by atoms with van der Waals surface area (Å²) in [7, 11) is 1.28. The van der Waals surface area contributed by atoms with Gasteiger partial charge in [-0.3, -0.25) is 4.79 Å². The zero-order valence-electron chi connectivity index (χ0n) is 14.4. The smallest absolute Gasteiger partial charge is 0.408 e. The summed E-state index contributed by atoms with van der Waals surface area (Å²) >= 11 is 0. The zero-order chi connectivity index (χ0) is 17.6. The Morgan fingerprint density at radius 3 is 2.57 bits per heavy atom. The van der Waals surface area contributed by atoms with Crippen molar-refractivity contribution in [3.8, 4) is 0 Å². The molecule has 7 nitrogen and oxygen atoms in total. The second kappa shape index (κ2) is 7.99. The fraction of sp³-hybridized carbons (Fsp3) is 0.688. The van der Waals surface area contributed by atoms with Crippen molar-refractivity contribution in [2.24, 2.45) is 0 Å². The van der Waals surface area contributed by atoms with Crippen LogP contribution in [0.1, 0.15) is 40.5 Å². The lowest BCUT2D eigenvalue weighted by Crippen LogP contribution is -2.54. The standard InChI is InChI=1S/C16H26N2O5/c1-11(14(20)22-5)18-10-8-6-7-9-12(13(18)19)17-15(21)23-16(2,3)4/h6-7,11-12H,8-10H2,1-5H3,(H,17,21)/b7-6-/t11-,12-/m0/s1. The van der Waals surface area contributed by atoms with Gasteiger partial charge in [0.2, 0.25) is 5.91 Å². The number of methoxy groups -OCH3 is 1. The molecule has 0 fully saturated rings. The number of hydrogen-bond donors (Lipinski definition) is 1. The van der Waals surface area contributed by atoms with Crippen molar-refractivity contribution in [2.75, 3.05) is 13.7 Å². The third kappa shape index (κ3) is 5.92. The number of nitrogens with zero attached hydrogens (tertiary/aromatic N) is 1. The van der Waals surface area contributed by atoms with Gasteiger partial charge in [-0.05, 0) is 40.5 Å². The number of esters is 1. The van der Waals surface area contributed by atoms with Crippen LogP contribution in [0.15, 0.2) is 12.2 Å². The van der Waals surface area contributed by atoms with Crippen LogP contribution in [0, 0.1) is 0 Å². The lowest BCUT2D eigenvalue weighted by Gasteiger charge is -2.32. The highest BCUT2D eigenvalue weighted by atomic mass is 16.6. The fourth-order valence-electron chi connectivity index (χ4n) is 2.23. The molecule has 7 heteroatoms. The van der Waals surface area contributed by atoms with E-state index in [9.17, 15) is 14.4 Å². The molecule has 0 aromatic rings. The number of carbonyl (C=O) groups excluding carboxylic acids is 3. The first-order valence-electron chi connectivity index (χ1n) is 7.68. The molecule has 0 aliphatic carbocycles. The van der Waals surface area contributed by atoms with Crippen LogP contribution in [0.3, 0.4) is 0 Å². The highest BCUT2D eigenvalue weighted by Crippen LogP contribution is 2.13. The highest BCUT2D eigenvalue weighted by molar-refractivity contribution is 5.89. The van der Waals surface area contributed by atoms with Gasteiger partial charge in [0.25, 0.3) is 0 Å². The third-order valence-electron chi connectivity index (χ3n) is 3.36. The Morgan fingerprint density at radius 1 is 1.35 bits per heavy atom. The van der Waals surface area contributed by atoms with Crippen LogP contribution in [0.2, 0.25) is 0 Å². The summed E-state index contributed by atoms with van der Waals surface area (Å²) in [6.07, 6.45) is 4.11. The molecule has 23 heavy (non-hydrogen) atoms. The van der Waals surface area contributed by atoms with Crippen molar-refractivity contribution in [3.63, 3.8) is 0 Å². The summed E-state index contributed by atoms with van der Waals surface area (Å²) in [5, 5.41) is 2.58. The van der Waals surface area contributed by atoms with Gasteiger partial charge in [0.05, 0.1) is 7.11 Å². The predicted molar refractivity (Wildman–Crippen MR) is 84.7 cm³/mol. The summed E-state index contributed by atoms with van der Waals surface area (Å²) in [4.78, 5) is 37.7. The molecule has 1 aliphatic heterocycles. The van der Waals surface area contributed by atoms with E-state index in [0.29, 0.717) is 19.4 Å². The number of nitrogens with one attached hydrogen (secondary N) is 1. The van der Waals surface area contributed by atoms with Crippen LogP contribution >= 0.6 is 0 Å². The van der Waals surface area contributed by atoms with E-state index < -0.39 is 29.7 Å². The first kappa shape index (κ1) is 19.0. The van der Waals surface area contributed by atoms with Crippen LogP contribution in [0.4, 0.5) is 4.79 Å². The Kier molecular flexibility index (Phi) is 6.60. The molecule has 2 atom stereocenters. The van der Waals surface area contributed by atoms with Gasteiger partial charge in [-0.25, -0.2) is 9.59 Å². The van der Waals surface area contributed by atoms with E-state index in [4.69, 9.17) is 9.47 Å². The molecule has 0 aromatic carbocycles. The Hall–Kier alpha value is -2.05. The minimum Gasteiger partial charge on any atom is -0.467 e. The Labute approximate surface area is 137 Å². The number of ether oxygens (including phenoxy) is 2. The number of alkyl carbamates (subject to hydrolysis) is 1. The fourth-order valence-corrected chi connectivity index (χ4v) is 2.23. The van der Waals surface area contributed by atoms with Crippen molar-refractivity contribution >= 4 is 18.0 Å². The molecule has 1 N–H and O–H groups in total. The molecule has 2 amide bonds. The zero-order valence-corrected chi connectivity index (χ0v) is 14.4. The van der Waals surface area contributed by atoms with E-state index in [1.54, 1.807) is 27.7 Å². The van der Waals surface area contributed by atoms with Crippen LogP contribution in [-0.4, -0.2) is 54.2 Å². The molecule has 0 aromatic heterocycles. The number of rotatable bonds is 3. The third-order valence-corrected chi connectivity index (χ3v) is 3.36. The highest BCUT2D eigenvalue weighted by Gasteiger charge is 2.33. The summed E-state index contributed by atoms with van der Waals surface area (Å²) in [5.74, 6) is -0.808. The van der Waals surface area contributed by atoms with E-state index >= 15 is 0 Å². The van der Waals surface area contributed by atoms with Crippen molar-refractivity contribution in [1.29, 1.82) is 0 Å². The van der Waals surface area contributed by atoms with E-state index in [0.717, 1.165) is 0 Å². The molecule has 1 heterocycles. The first-order valence-corrected chi connectivity index (χ1v) is 7.68. The molecule has 0 radical (unpaired) electrons. The normalized spacial score (nSPS) is 21.7. The van der Waals surface area contributed by atoms with Gasteiger partial charge in [-0.1, -0.05) is 12.2 Å². The minimum atomic E-state index is -0.770. The van der Waals surface area contributed by atoms with Crippen LogP contribution in [0.25, 0.3) is 0 Å². The van der Waals surface area contributed by atoms with Crippen molar-refractivity contribution in [1.82, 2.24) is 10.2 Å². The molecule has 0 bridgehead atoms. The van der Waals surface area contributed by atoms with E-state index in [2.05, 4.69) is 5.32 Å². The number of carbonyl (C=O) groups is 3. The van der Waals surface area contributed by atoms with Crippen molar-refractivity contribution < 1.29 is 23.9 Å².